The highest BCUT2D eigenvalue weighted by molar-refractivity contribution is 6.06. The maximum absolute atomic E-state index is 12.5. The maximum atomic E-state index is 12.5. The number of benzene rings is 2. The van der Waals surface area contributed by atoms with Gasteiger partial charge in [-0.05, 0) is 38.1 Å². The van der Waals surface area contributed by atoms with Crippen LogP contribution in [0.3, 0.4) is 0 Å². The third kappa shape index (κ3) is 4.00. The van der Waals surface area contributed by atoms with E-state index < -0.39 is 18.0 Å². The first-order chi connectivity index (χ1) is 13.0. The zero-order valence-corrected chi connectivity index (χ0v) is 14.9. The number of ether oxygens (including phenoxy) is 1. The molecule has 1 N–H and O–H groups in total. The Balaban J connectivity index is 1.75. The van der Waals surface area contributed by atoms with Crippen molar-refractivity contribution in [1.82, 2.24) is 4.98 Å². The zero-order chi connectivity index (χ0) is 19.4. The molecule has 2 aromatic carbocycles. The molecule has 1 atom stereocenters. The van der Waals surface area contributed by atoms with E-state index in [0.717, 1.165) is 5.39 Å². The van der Waals surface area contributed by atoms with Crippen LogP contribution in [0.15, 0.2) is 60.8 Å². The number of nitrogens with zero attached hydrogens (tertiary/aromatic N) is 1. The van der Waals surface area contributed by atoms with Gasteiger partial charge in [0.05, 0.1) is 16.8 Å². The van der Waals surface area contributed by atoms with E-state index in [1.807, 2.05) is 12.1 Å². The molecule has 0 unspecified atom stereocenters. The summed E-state index contributed by atoms with van der Waals surface area (Å²) in [5.74, 6) is -1.33. The van der Waals surface area contributed by atoms with Crippen molar-refractivity contribution in [1.29, 1.82) is 0 Å². The lowest BCUT2D eigenvalue weighted by molar-refractivity contribution is -0.123. The number of Topliss-reactive ketones (excluding diaryl/α,β-unsaturated/α-hetero) is 1. The first-order valence-electron chi connectivity index (χ1n) is 8.43. The second-order valence-corrected chi connectivity index (χ2v) is 6.02. The highest BCUT2D eigenvalue weighted by Crippen LogP contribution is 2.19. The van der Waals surface area contributed by atoms with E-state index in [9.17, 15) is 14.4 Å². The molecule has 6 nitrogen and oxygen atoms in total. The van der Waals surface area contributed by atoms with Crippen molar-refractivity contribution in [3.05, 3.63) is 71.9 Å². The van der Waals surface area contributed by atoms with Crippen molar-refractivity contribution in [3.63, 3.8) is 0 Å². The number of nitrogens with one attached hydrogen (secondary N) is 1. The Hall–Kier alpha value is -3.54. The molecule has 6 heteroatoms. The lowest BCUT2D eigenvalue weighted by Crippen LogP contribution is -2.30. The molecule has 0 aliphatic rings. The Morgan fingerprint density at radius 2 is 1.67 bits per heavy atom. The Kier molecular flexibility index (Phi) is 5.26. The minimum Gasteiger partial charge on any atom is -0.449 e. The molecular formula is C21H18N2O4. The van der Waals surface area contributed by atoms with E-state index in [1.54, 1.807) is 48.7 Å². The fourth-order valence-corrected chi connectivity index (χ4v) is 2.68. The standard InChI is InChI=1S/C21H18N2O4/c1-13(24)16-9-3-4-11-18(16)23-20(25)14(2)27-21(26)17-10-5-7-15-8-6-12-22-19(15)17/h3-12,14H,1-2H3,(H,23,25)/t14-/m1/s1. The molecule has 0 saturated carbocycles. The summed E-state index contributed by atoms with van der Waals surface area (Å²) < 4.78 is 5.30. The Labute approximate surface area is 156 Å². The van der Waals surface area contributed by atoms with E-state index in [0.29, 0.717) is 16.8 Å². The van der Waals surface area contributed by atoms with Gasteiger partial charge in [0.15, 0.2) is 11.9 Å². The number of esters is 1. The summed E-state index contributed by atoms with van der Waals surface area (Å²) in [6.45, 7) is 2.89. The predicted molar refractivity (Wildman–Crippen MR) is 102 cm³/mol. The third-order valence-corrected chi connectivity index (χ3v) is 4.07. The van der Waals surface area contributed by atoms with Gasteiger partial charge in [0.1, 0.15) is 0 Å². The fraction of sp³-hybridized carbons (Fsp3) is 0.143. The van der Waals surface area contributed by atoms with E-state index in [4.69, 9.17) is 4.74 Å². The minimum absolute atomic E-state index is 0.169. The van der Waals surface area contributed by atoms with Gasteiger partial charge in [0.2, 0.25) is 0 Å². The lowest BCUT2D eigenvalue weighted by Gasteiger charge is -2.15. The molecule has 0 aliphatic heterocycles. The topological polar surface area (TPSA) is 85.4 Å². The second kappa shape index (κ2) is 7.78. The zero-order valence-electron chi connectivity index (χ0n) is 14.9. The Morgan fingerprint density at radius 1 is 0.963 bits per heavy atom. The van der Waals surface area contributed by atoms with Crippen LogP contribution in [0.4, 0.5) is 5.69 Å². The number of anilines is 1. The van der Waals surface area contributed by atoms with Gasteiger partial charge in [-0.25, -0.2) is 4.79 Å². The van der Waals surface area contributed by atoms with Crippen LogP contribution < -0.4 is 5.32 Å². The number of carbonyl (C=O) groups is 3. The van der Waals surface area contributed by atoms with E-state index >= 15 is 0 Å². The average molecular weight is 362 g/mol. The molecule has 0 fully saturated rings. The van der Waals surface area contributed by atoms with Crippen LogP contribution in [0.2, 0.25) is 0 Å². The van der Waals surface area contributed by atoms with Crippen LogP contribution in [0, 0.1) is 0 Å². The number of aromatic nitrogens is 1. The van der Waals surface area contributed by atoms with Gasteiger partial charge in [-0.2, -0.15) is 0 Å². The second-order valence-electron chi connectivity index (χ2n) is 6.02. The number of hydrogen-bond donors (Lipinski definition) is 1. The molecule has 27 heavy (non-hydrogen) atoms. The molecule has 1 aromatic heterocycles. The molecule has 3 aromatic rings. The number of amides is 1. The van der Waals surface area contributed by atoms with Gasteiger partial charge >= 0.3 is 5.97 Å². The van der Waals surface area contributed by atoms with Crippen LogP contribution in [0.25, 0.3) is 10.9 Å². The predicted octanol–water partition coefficient (Wildman–Crippen LogP) is 3.62. The quantitative estimate of drug-likeness (QED) is 0.553. The van der Waals surface area contributed by atoms with Gasteiger partial charge in [-0.3, -0.25) is 14.6 Å². The fourth-order valence-electron chi connectivity index (χ4n) is 2.68. The van der Waals surface area contributed by atoms with Gasteiger partial charge in [-0.15, -0.1) is 0 Å². The molecule has 0 aliphatic carbocycles. The molecule has 0 saturated heterocycles. The minimum atomic E-state index is -1.04. The van der Waals surface area contributed by atoms with Gasteiger partial charge in [0, 0.05) is 17.1 Å². The van der Waals surface area contributed by atoms with E-state index in [2.05, 4.69) is 10.3 Å². The summed E-state index contributed by atoms with van der Waals surface area (Å²) in [7, 11) is 0. The Bertz CT molecular complexity index is 1020. The number of carbonyl (C=O) groups excluding carboxylic acids is 3. The van der Waals surface area contributed by atoms with Crippen molar-refractivity contribution in [2.45, 2.75) is 20.0 Å². The van der Waals surface area contributed by atoms with Crippen LogP contribution in [-0.4, -0.2) is 28.7 Å². The summed E-state index contributed by atoms with van der Waals surface area (Å²) in [5, 5.41) is 3.44. The van der Waals surface area contributed by atoms with Crippen molar-refractivity contribution >= 4 is 34.3 Å². The SMILES string of the molecule is CC(=O)c1ccccc1NC(=O)[C@@H](C)OC(=O)c1cccc2cccnc12. The molecule has 136 valence electrons. The summed E-state index contributed by atoms with van der Waals surface area (Å²) in [5.41, 5.74) is 1.57. The van der Waals surface area contributed by atoms with Crippen LogP contribution in [-0.2, 0) is 9.53 Å². The first kappa shape index (κ1) is 18.3. The van der Waals surface area contributed by atoms with E-state index in [1.165, 1.54) is 13.8 Å². The summed E-state index contributed by atoms with van der Waals surface area (Å²) >= 11 is 0. The van der Waals surface area contributed by atoms with Crippen molar-refractivity contribution in [2.75, 3.05) is 5.32 Å². The number of hydrogen-bond acceptors (Lipinski definition) is 5. The molecular weight excluding hydrogens is 344 g/mol. The molecule has 0 radical (unpaired) electrons. The van der Waals surface area contributed by atoms with Crippen molar-refractivity contribution in [3.8, 4) is 0 Å². The molecule has 1 amide bonds. The summed E-state index contributed by atoms with van der Waals surface area (Å²) in [6, 6.07) is 15.5. The first-order valence-corrected chi connectivity index (χ1v) is 8.43. The maximum Gasteiger partial charge on any atom is 0.341 e. The number of rotatable bonds is 5. The molecule has 0 bridgehead atoms. The number of pyridine rings is 1. The van der Waals surface area contributed by atoms with Crippen LogP contribution in [0.1, 0.15) is 34.6 Å². The Morgan fingerprint density at radius 3 is 2.44 bits per heavy atom. The normalized spacial score (nSPS) is 11.6. The van der Waals surface area contributed by atoms with Crippen molar-refractivity contribution in [2.24, 2.45) is 0 Å². The number of ketones is 1. The highest BCUT2D eigenvalue weighted by Gasteiger charge is 2.21. The van der Waals surface area contributed by atoms with Crippen LogP contribution in [0.5, 0.6) is 0 Å². The summed E-state index contributed by atoms with van der Waals surface area (Å²) in [4.78, 5) is 40.8. The van der Waals surface area contributed by atoms with Gasteiger partial charge < -0.3 is 10.1 Å². The summed E-state index contributed by atoms with van der Waals surface area (Å²) in [6.07, 6.45) is 0.546. The monoisotopic (exact) mass is 362 g/mol. The highest BCUT2D eigenvalue weighted by atomic mass is 16.5. The van der Waals surface area contributed by atoms with Gasteiger partial charge in [0.25, 0.3) is 5.91 Å². The number of para-hydroxylation sites is 2. The van der Waals surface area contributed by atoms with E-state index in [-0.39, 0.29) is 11.3 Å². The lowest BCUT2D eigenvalue weighted by atomic mass is 10.1. The molecule has 3 rings (SSSR count). The smallest absolute Gasteiger partial charge is 0.341 e. The third-order valence-electron chi connectivity index (χ3n) is 4.07. The van der Waals surface area contributed by atoms with Crippen molar-refractivity contribution < 1.29 is 19.1 Å². The molecule has 1 heterocycles. The number of fused-ring (bicyclic) bond motifs is 1. The van der Waals surface area contributed by atoms with Gasteiger partial charge in [-0.1, -0.05) is 30.3 Å². The van der Waals surface area contributed by atoms with Crippen LogP contribution >= 0.6 is 0 Å². The largest absolute Gasteiger partial charge is 0.449 e. The average Bonchev–Trinajstić information content (AvgIpc) is 2.67. The molecule has 0 spiro atoms.